The maximum Gasteiger partial charge on any atom is 0.332 e. The highest BCUT2D eigenvalue weighted by Gasteiger charge is 2.43. The summed E-state index contributed by atoms with van der Waals surface area (Å²) in [7, 11) is 0. The molecule has 108 valence electrons. The van der Waals surface area contributed by atoms with Gasteiger partial charge < -0.3 is 20.5 Å². The average molecular weight is 280 g/mol. The third-order valence-corrected chi connectivity index (χ3v) is 3.05. The molecule has 2 rings (SSSR count). The fourth-order valence-electron chi connectivity index (χ4n) is 1.83. The molecule has 1 atom stereocenters. The van der Waals surface area contributed by atoms with Gasteiger partial charge in [0.2, 0.25) is 0 Å². The van der Waals surface area contributed by atoms with Crippen LogP contribution in [0.5, 0.6) is 0 Å². The molecule has 1 aromatic rings. The van der Waals surface area contributed by atoms with Crippen LogP contribution in [0.15, 0.2) is 12.4 Å². The SMILES string of the molecule is Cc1cnc(CNC(=O)NC2(C(=O)O)CCOC2)cn1. The van der Waals surface area contributed by atoms with Gasteiger partial charge >= 0.3 is 12.0 Å². The molecule has 3 N–H and O–H groups in total. The molecule has 1 fully saturated rings. The maximum absolute atomic E-state index is 11.8. The van der Waals surface area contributed by atoms with Crippen molar-refractivity contribution >= 4 is 12.0 Å². The van der Waals surface area contributed by atoms with Gasteiger partial charge in [-0.15, -0.1) is 0 Å². The van der Waals surface area contributed by atoms with Crippen LogP contribution in [-0.2, 0) is 16.1 Å². The first-order valence-electron chi connectivity index (χ1n) is 6.16. The van der Waals surface area contributed by atoms with Gasteiger partial charge in [-0.25, -0.2) is 9.59 Å². The summed E-state index contributed by atoms with van der Waals surface area (Å²) in [5.74, 6) is -1.10. The molecule has 0 bridgehead atoms. The van der Waals surface area contributed by atoms with Gasteiger partial charge in [-0.3, -0.25) is 9.97 Å². The molecule has 8 heteroatoms. The van der Waals surface area contributed by atoms with Crippen molar-refractivity contribution in [1.29, 1.82) is 0 Å². The summed E-state index contributed by atoms with van der Waals surface area (Å²) < 4.78 is 5.05. The minimum Gasteiger partial charge on any atom is -0.479 e. The predicted molar refractivity (Wildman–Crippen MR) is 67.9 cm³/mol. The van der Waals surface area contributed by atoms with E-state index in [2.05, 4.69) is 20.6 Å². The van der Waals surface area contributed by atoms with E-state index in [0.29, 0.717) is 12.3 Å². The van der Waals surface area contributed by atoms with Gasteiger partial charge in [0.15, 0.2) is 5.54 Å². The van der Waals surface area contributed by atoms with E-state index < -0.39 is 17.5 Å². The van der Waals surface area contributed by atoms with E-state index in [-0.39, 0.29) is 19.6 Å². The van der Waals surface area contributed by atoms with Crippen molar-refractivity contribution in [3.8, 4) is 0 Å². The number of aryl methyl sites for hydroxylation is 1. The highest BCUT2D eigenvalue weighted by molar-refractivity contribution is 5.86. The lowest BCUT2D eigenvalue weighted by Crippen LogP contribution is -2.57. The monoisotopic (exact) mass is 280 g/mol. The molecular formula is C12H16N4O4. The lowest BCUT2D eigenvalue weighted by Gasteiger charge is -2.23. The summed E-state index contributed by atoms with van der Waals surface area (Å²) in [4.78, 5) is 31.1. The standard InChI is InChI=1S/C12H16N4O4/c1-8-4-14-9(5-13-8)6-15-11(19)16-12(10(17)18)2-3-20-7-12/h4-5H,2-3,6-7H2,1H3,(H,17,18)(H2,15,16,19). The quantitative estimate of drug-likeness (QED) is 0.705. The molecule has 1 aliphatic heterocycles. The molecule has 1 saturated heterocycles. The number of hydrogen-bond acceptors (Lipinski definition) is 5. The Bertz CT molecular complexity index is 497. The van der Waals surface area contributed by atoms with Gasteiger partial charge in [0, 0.05) is 19.2 Å². The Morgan fingerprint density at radius 3 is 2.80 bits per heavy atom. The number of amides is 2. The second kappa shape index (κ2) is 5.83. The van der Waals surface area contributed by atoms with Crippen LogP contribution < -0.4 is 10.6 Å². The summed E-state index contributed by atoms with van der Waals surface area (Å²) in [6, 6.07) is -0.569. The van der Waals surface area contributed by atoms with E-state index in [1.807, 2.05) is 6.92 Å². The normalized spacial score (nSPS) is 21.4. The molecule has 0 aromatic carbocycles. The number of carbonyl (C=O) groups excluding carboxylic acids is 1. The predicted octanol–water partition coefficient (Wildman–Crippen LogP) is -0.172. The van der Waals surface area contributed by atoms with Crippen molar-refractivity contribution in [3.63, 3.8) is 0 Å². The highest BCUT2D eigenvalue weighted by Crippen LogP contribution is 2.18. The van der Waals surface area contributed by atoms with Gasteiger partial charge in [-0.1, -0.05) is 0 Å². The number of hydrogen-bond donors (Lipinski definition) is 3. The first kappa shape index (κ1) is 14.2. The van der Waals surface area contributed by atoms with Crippen molar-refractivity contribution in [2.75, 3.05) is 13.2 Å². The van der Waals surface area contributed by atoms with E-state index in [1.165, 1.54) is 0 Å². The van der Waals surface area contributed by atoms with Crippen molar-refractivity contribution in [3.05, 3.63) is 23.8 Å². The van der Waals surface area contributed by atoms with E-state index in [4.69, 9.17) is 4.74 Å². The van der Waals surface area contributed by atoms with Gasteiger partial charge in [0.1, 0.15) is 0 Å². The molecule has 0 radical (unpaired) electrons. The number of rotatable bonds is 4. The Balaban J connectivity index is 1.89. The summed E-state index contributed by atoms with van der Waals surface area (Å²) in [5, 5.41) is 14.2. The first-order valence-corrected chi connectivity index (χ1v) is 6.16. The molecule has 2 amide bonds. The Labute approximate surface area is 115 Å². The number of aliphatic carboxylic acids is 1. The van der Waals surface area contributed by atoms with Crippen LogP contribution in [0.3, 0.4) is 0 Å². The number of nitrogens with zero attached hydrogens (tertiary/aromatic N) is 2. The zero-order valence-electron chi connectivity index (χ0n) is 11.0. The molecule has 1 aliphatic rings. The average Bonchev–Trinajstić information content (AvgIpc) is 2.88. The van der Waals surface area contributed by atoms with Gasteiger partial charge in [0.05, 0.1) is 30.7 Å². The van der Waals surface area contributed by atoms with Crippen molar-refractivity contribution < 1.29 is 19.4 Å². The Morgan fingerprint density at radius 2 is 2.25 bits per heavy atom. The number of ether oxygens (including phenoxy) is 1. The third-order valence-electron chi connectivity index (χ3n) is 3.05. The molecule has 1 aromatic heterocycles. The van der Waals surface area contributed by atoms with Crippen LogP contribution in [0.25, 0.3) is 0 Å². The largest absolute Gasteiger partial charge is 0.479 e. The lowest BCUT2D eigenvalue weighted by molar-refractivity contribution is -0.144. The minimum absolute atomic E-state index is 0.0277. The highest BCUT2D eigenvalue weighted by atomic mass is 16.5. The third kappa shape index (κ3) is 3.21. The van der Waals surface area contributed by atoms with Gasteiger partial charge in [-0.05, 0) is 6.92 Å². The van der Waals surface area contributed by atoms with Crippen molar-refractivity contribution in [2.24, 2.45) is 0 Å². The van der Waals surface area contributed by atoms with Gasteiger partial charge in [-0.2, -0.15) is 0 Å². The zero-order valence-corrected chi connectivity index (χ0v) is 11.0. The van der Waals surface area contributed by atoms with Crippen LogP contribution in [-0.4, -0.2) is 45.8 Å². The number of carboxylic acids is 1. The number of aromatic nitrogens is 2. The van der Waals surface area contributed by atoms with E-state index in [0.717, 1.165) is 5.69 Å². The zero-order chi connectivity index (χ0) is 14.6. The van der Waals surface area contributed by atoms with Crippen LogP contribution in [0, 0.1) is 6.92 Å². The van der Waals surface area contributed by atoms with Crippen LogP contribution >= 0.6 is 0 Å². The Hall–Kier alpha value is -2.22. The topological polar surface area (TPSA) is 113 Å². The molecular weight excluding hydrogens is 264 g/mol. The smallest absolute Gasteiger partial charge is 0.332 e. The molecule has 2 heterocycles. The van der Waals surface area contributed by atoms with Gasteiger partial charge in [0.25, 0.3) is 0 Å². The van der Waals surface area contributed by atoms with Crippen LogP contribution in [0.1, 0.15) is 17.8 Å². The fraction of sp³-hybridized carbons (Fsp3) is 0.500. The first-order chi connectivity index (χ1) is 9.52. The second-order valence-corrected chi connectivity index (χ2v) is 4.65. The van der Waals surface area contributed by atoms with E-state index in [1.54, 1.807) is 12.4 Å². The molecule has 0 aliphatic carbocycles. The van der Waals surface area contributed by atoms with Crippen molar-refractivity contribution in [2.45, 2.75) is 25.4 Å². The second-order valence-electron chi connectivity index (χ2n) is 4.65. The minimum atomic E-state index is -1.34. The van der Waals surface area contributed by atoms with Crippen molar-refractivity contribution in [1.82, 2.24) is 20.6 Å². The number of nitrogens with one attached hydrogen (secondary N) is 2. The van der Waals surface area contributed by atoms with E-state index in [9.17, 15) is 14.7 Å². The number of carbonyl (C=O) groups is 2. The summed E-state index contributed by atoms with van der Waals surface area (Å²) >= 11 is 0. The number of carboxylic acid groups (broad SMARTS) is 1. The summed E-state index contributed by atoms with van der Waals surface area (Å²) in [6.45, 7) is 2.28. The van der Waals surface area contributed by atoms with E-state index >= 15 is 0 Å². The number of urea groups is 1. The van der Waals surface area contributed by atoms with Crippen LogP contribution in [0.2, 0.25) is 0 Å². The van der Waals surface area contributed by atoms with Crippen LogP contribution in [0.4, 0.5) is 4.79 Å². The molecule has 0 saturated carbocycles. The molecule has 8 nitrogen and oxygen atoms in total. The molecule has 0 spiro atoms. The molecule has 20 heavy (non-hydrogen) atoms. The maximum atomic E-state index is 11.8. The lowest BCUT2D eigenvalue weighted by atomic mass is 9.99. The fourth-order valence-corrected chi connectivity index (χ4v) is 1.83. The molecule has 1 unspecified atom stereocenters. The summed E-state index contributed by atoms with van der Waals surface area (Å²) in [5.41, 5.74) is 0.0344. The Kier molecular flexibility index (Phi) is 4.14. The Morgan fingerprint density at radius 1 is 1.45 bits per heavy atom. The summed E-state index contributed by atoms with van der Waals surface area (Å²) in [6.07, 6.45) is 3.40.